The molecule has 2 nitrogen and oxygen atoms in total. The van der Waals surface area contributed by atoms with E-state index in [9.17, 15) is 0 Å². The van der Waals surface area contributed by atoms with E-state index in [4.69, 9.17) is 9.47 Å². The van der Waals surface area contributed by atoms with Crippen LogP contribution in [0.4, 0.5) is 0 Å². The van der Waals surface area contributed by atoms with Gasteiger partial charge in [-0.05, 0) is 18.6 Å². The molecule has 1 aromatic rings. The van der Waals surface area contributed by atoms with Crippen LogP contribution >= 0.6 is 12.6 Å². The Balaban J connectivity index is 3.20. The van der Waals surface area contributed by atoms with Gasteiger partial charge in [-0.3, -0.25) is 0 Å². The highest BCUT2D eigenvalue weighted by molar-refractivity contribution is 7.79. The fourth-order valence-corrected chi connectivity index (χ4v) is 1.66. The Labute approximate surface area is 84.3 Å². The molecule has 1 rings (SSSR count). The van der Waals surface area contributed by atoms with Crippen LogP contribution in [0.1, 0.15) is 11.1 Å². The van der Waals surface area contributed by atoms with Crippen LogP contribution in [0, 0.1) is 6.92 Å². The van der Waals surface area contributed by atoms with Gasteiger partial charge < -0.3 is 9.47 Å². The van der Waals surface area contributed by atoms with Gasteiger partial charge >= 0.3 is 0 Å². The first-order valence-corrected chi connectivity index (χ1v) is 4.68. The molecule has 0 N–H and O–H groups in total. The maximum absolute atomic E-state index is 5.23. The van der Waals surface area contributed by atoms with E-state index in [1.54, 1.807) is 14.2 Å². The van der Waals surface area contributed by atoms with Crippen LogP contribution in [-0.2, 0) is 5.75 Å². The fraction of sp³-hybridized carbons (Fsp3) is 0.400. The molecule has 1 aromatic carbocycles. The van der Waals surface area contributed by atoms with Gasteiger partial charge in [-0.25, -0.2) is 0 Å². The lowest BCUT2D eigenvalue weighted by molar-refractivity contribution is 0.391. The third-order valence-corrected chi connectivity index (χ3v) is 2.34. The van der Waals surface area contributed by atoms with E-state index in [2.05, 4.69) is 12.6 Å². The van der Waals surface area contributed by atoms with E-state index in [0.29, 0.717) is 5.75 Å². The Morgan fingerprint density at radius 1 is 1.23 bits per heavy atom. The van der Waals surface area contributed by atoms with Crippen molar-refractivity contribution in [3.63, 3.8) is 0 Å². The van der Waals surface area contributed by atoms with Gasteiger partial charge in [0.25, 0.3) is 0 Å². The van der Waals surface area contributed by atoms with Crippen LogP contribution in [0.5, 0.6) is 11.5 Å². The van der Waals surface area contributed by atoms with Gasteiger partial charge in [-0.2, -0.15) is 12.6 Å². The van der Waals surface area contributed by atoms with E-state index >= 15 is 0 Å². The Morgan fingerprint density at radius 3 is 2.38 bits per heavy atom. The minimum Gasteiger partial charge on any atom is -0.497 e. The summed E-state index contributed by atoms with van der Waals surface area (Å²) in [5, 5.41) is 0. The zero-order valence-corrected chi connectivity index (χ0v) is 9.02. The molecule has 0 aromatic heterocycles. The zero-order chi connectivity index (χ0) is 9.84. The molecule has 0 unspecified atom stereocenters. The van der Waals surface area contributed by atoms with Crippen molar-refractivity contribution in [3.8, 4) is 11.5 Å². The van der Waals surface area contributed by atoms with Crippen molar-refractivity contribution in [2.45, 2.75) is 12.7 Å². The number of benzene rings is 1. The van der Waals surface area contributed by atoms with Crippen LogP contribution < -0.4 is 9.47 Å². The van der Waals surface area contributed by atoms with Crippen molar-refractivity contribution >= 4 is 12.6 Å². The van der Waals surface area contributed by atoms with Crippen molar-refractivity contribution in [2.75, 3.05) is 14.2 Å². The van der Waals surface area contributed by atoms with E-state index in [1.165, 1.54) is 0 Å². The molecule has 0 fully saturated rings. The van der Waals surface area contributed by atoms with Crippen molar-refractivity contribution < 1.29 is 9.47 Å². The molecule has 0 heterocycles. The van der Waals surface area contributed by atoms with Gasteiger partial charge in [0.2, 0.25) is 0 Å². The summed E-state index contributed by atoms with van der Waals surface area (Å²) in [6.07, 6.45) is 0. The van der Waals surface area contributed by atoms with E-state index in [0.717, 1.165) is 22.6 Å². The lowest BCUT2D eigenvalue weighted by Gasteiger charge is -2.11. The zero-order valence-electron chi connectivity index (χ0n) is 8.13. The molecule has 0 aliphatic rings. The Bertz CT molecular complexity index is 297. The molecule has 0 bridgehead atoms. The van der Waals surface area contributed by atoms with Crippen molar-refractivity contribution in [2.24, 2.45) is 0 Å². The maximum atomic E-state index is 5.23. The second kappa shape index (κ2) is 4.42. The monoisotopic (exact) mass is 198 g/mol. The summed E-state index contributed by atoms with van der Waals surface area (Å²) in [5.74, 6) is 2.34. The molecule has 0 amide bonds. The molecule has 0 aliphatic carbocycles. The molecule has 0 saturated carbocycles. The maximum Gasteiger partial charge on any atom is 0.126 e. The quantitative estimate of drug-likeness (QED) is 0.752. The lowest BCUT2D eigenvalue weighted by atomic mass is 10.1. The second-order valence-electron chi connectivity index (χ2n) is 2.78. The standard InChI is InChI=1S/C10H14O2S/c1-7-4-8(11-2)5-10(12-3)9(7)6-13/h4-5,13H,6H2,1-3H3. The fourth-order valence-electron chi connectivity index (χ4n) is 1.26. The summed E-state index contributed by atoms with van der Waals surface area (Å²) in [4.78, 5) is 0. The highest BCUT2D eigenvalue weighted by Crippen LogP contribution is 2.29. The highest BCUT2D eigenvalue weighted by atomic mass is 32.1. The minimum atomic E-state index is 0.680. The minimum absolute atomic E-state index is 0.680. The normalized spacial score (nSPS) is 9.85. The number of rotatable bonds is 3. The van der Waals surface area contributed by atoms with Gasteiger partial charge in [0.1, 0.15) is 11.5 Å². The van der Waals surface area contributed by atoms with Gasteiger partial charge in [0, 0.05) is 17.4 Å². The van der Waals surface area contributed by atoms with Gasteiger partial charge in [0.05, 0.1) is 14.2 Å². The van der Waals surface area contributed by atoms with E-state index in [-0.39, 0.29) is 0 Å². The predicted molar refractivity (Wildman–Crippen MR) is 57.0 cm³/mol. The average Bonchev–Trinajstić information content (AvgIpc) is 2.16. The Hall–Kier alpha value is -0.830. The third kappa shape index (κ3) is 2.10. The van der Waals surface area contributed by atoms with E-state index < -0.39 is 0 Å². The SMILES string of the molecule is COc1cc(C)c(CS)c(OC)c1. The topological polar surface area (TPSA) is 18.5 Å². The highest BCUT2D eigenvalue weighted by Gasteiger charge is 2.07. The summed E-state index contributed by atoms with van der Waals surface area (Å²) in [6, 6.07) is 3.85. The molecule has 0 saturated heterocycles. The van der Waals surface area contributed by atoms with Gasteiger partial charge in [-0.15, -0.1) is 0 Å². The Kier molecular flexibility index (Phi) is 3.48. The number of hydrogen-bond acceptors (Lipinski definition) is 3. The number of ether oxygens (including phenoxy) is 2. The number of methoxy groups -OCH3 is 2. The van der Waals surface area contributed by atoms with Crippen LogP contribution in [0.2, 0.25) is 0 Å². The summed E-state index contributed by atoms with van der Waals surface area (Å²) in [5.41, 5.74) is 2.26. The summed E-state index contributed by atoms with van der Waals surface area (Å²) in [6.45, 7) is 2.02. The van der Waals surface area contributed by atoms with Crippen molar-refractivity contribution in [1.29, 1.82) is 0 Å². The first-order chi connectivity index (χ1) is 6.22. The largest absolute Gasteiger partial charge is 0.497 e. The lowest BCUT2D eigenvalue weighted by Crippen LogP contribution is -1.94. The molecule has 3 heteroatoms. The molecular formula is C10H14O2S. The van der Waals surface area contributed by atoms with Crippen LogP contribution in [0.25, 0.3) is 0 Å². The van der Waals surface area contributed by atoms with Crippen molar-refractivity contribution in [1.82, 2.24) is 0 Å². The molecule has 13 heavy (non-hydrogen) atoms. The molecule has 0 atom stereocenters. The second-order valence-corrected chi connectivity index (χ2v) is 3.10. The molecule has 0 radical (unpaired) electrons. The van der Waals surface area contributed by atoms with Crippen molar-refractivity contribution in [3.05, 3.63) is 23.3 Å². The average molecular weight is 198 g/mol. The van der Waals surface area contributed by atoms with Gasteiger partial charge in [-0.1, -0.05) is 0 Å². The number of hydrogen-bond donors (Lipinski definition) is 1. The number of thiol groups is 1. The van der Waals surface area contributed by atoms with Gasteiger partial charge in [0.15, 0.2) is 0 Å². The van der Waals surface area contributed by atoms with Crippen LogP contribution in [0.15, 0.2) is 12.1 Å². The Morgan fingerprint density at radius 2 is 1.92 bits per heavy atom. The smallest absolute Gasteiger partial charge is 0.126 e. The first-order valence-electron chi connectivity index (χ1n) is 4.05. The number of aryl methyl sites for hydroxylation is 1. The van der Waals surface area contributed by atoms with Crippen LogP contribution in [0.3, 0.4) is 0 Å². The molecule has 72 valence electrons. The van der Waals surface area contributed by atoms with Crippen LogP contribution in [-0.4, -0.2) is 14.2 Å². The third-order valence-electron chi connectivity index (χ3n) is 2.02. The molecule has 0 spiro atoms. The summed E-state index contributed by atoms with van der Waals surface area (Å²) < 4.78 is 10.4. The molecular weight excluding hydrogens is 184 g/mol. The first kappa shape index (κ1) is 10.3. The summed E-state index contributed by atoms with van der Waals surface area (Å²) in [7, 11) is 3.30. The van der Waals surface area contributed by atoms with E-state index in [1.807, 2.05) is 19.1 Å². The predicted octanol–water partition coefficient (Wildman–Crippen LogP) is 2.44. The summed E-state index contributed by atoms with van der Waals surface area (Å²) >= 11 is 4.25. The molecule has 0 aliphatic heterocycles.